The van der Waals surface area contributed by atoms with Gasteiger partial charge in [-0.25, -0.2) is 4.79 Å². The van der Waals surface area contributed by atoms with Crippen molar-refractivity contribution < 1.29 is 9.53 Å². The molecule has 1 atom stereocenters. The Morgan fingerprint density at radius 3 is 2.71 bits per heavy atom. The third kappa shape index (κ3) is 3.52. The molecule has 4 heteroatoms. The Kier molecular flexibility index (Phi) is 4.15. The van der Waals surface area contributed by atoms with E-state index in [4.69, 9.17) is 4.74 Å². The molecule has 0 amide bonds. The Morgan fingerprint density at radius 2 is 2.06 bits per heavy atom. The average molecular weight is 343 g/mol. The second-order valence-corrected chi connectivity index (χ2v) is 5.15. The van der Waals surface area contributed by atoms with Crippen molar-refractivity contribution in [3.05, 3.63) is 33.4 Å². The standard InChI is InChI=1S/C13H14INO2/c1-2-17-13(16)12-11(15-12)8-5-9-3-6-10(14)7-4-9/h3-4,6-7,12H,2,5,8H2,1H3. The van der Waals surface area contributed by atoms with Crippen LogP contribution in [0.15, 0.2) is 29.3 Å². The highest BCUT2D eigenvalue weighted by molar-refractivity contribution is 14.1. The highest BCUT2D eigenvalue weighted by Gasteiger charge is 2.35. The lowest BCUT2D eigenvalue weighted by Gasteiger charge is -2.00. The zero-order valence-electron chi connectivity index (χ0n) is 9.65. The number of ether oxygens (including phenoxy) is 1. The van der Waals surface area contributed by atoms with Crippen LogP contribution < -0.4 is 0 Å². The van der Waals surface area contributed by atoms with Crippen LogP contribution in [0.25, 0.3) is 0 Å². The molecule has 1 aromatic carbocycles. The Hall–Kier alpha value is -0.910. The van der Waals surface area contributed by atoms with Crippen LogP contribution in [0.1, 0.15) is 18.9 Å². The first kappa shape index (κ1) is 12.5. The van der Waals surface area contributed by atoms with Gasteiger partial charge in [-0.05, 0) is 60.1 Å². The lowest BCUT2D eigenvalue weighted by molar-refractivity contribution is -0.142. The zero-order valence-corrected chi connectivity index (χ0v) is 11.8. The van der Waals surface area contributed by atoms with E-state index in [-0.39, 0.29) is 12.0 Å². The molecular formula is C13H14INO2. The molecule has 0 N–H and O–H groups in total. The summed E-state index contributed by atoms with van der Waals surface area (Å²) in [5.41, 5.74) is 2.25. The van der Waals surface area contributed by atoms with Crippen molar-refractivity contribution in [1.29, 1.82) is 0 Å². The van der Waals surface area contributed by atoms with Crippen LogP contribution in [0.3, 0.4) is 0 Å². The monoisotopic (exact) mass is 343 g/mol. The summed E-state index contributed by atoms with van der Waals surface area (Å²) < 4.78 is 6.14. The fraction of sp³-hybridized carbons (Fsp3) is 0.385. The van der Waals surface area contributed by atoms with Gasteiger partial charge in [-0.3, -0.25) is 4.99 Å². The highest BCUT2D eigenvalue weighted by Crippen LogP contribution is 2.19. The summed E-state index contributed by atoms with van der Waals surface area (Å²) in [7, 11) is 0. The number of aliphatic imine (C=N–C) groups is 1. The first-order chi connectivity index (χ1) is 8.20. The van der Waals surface area contributed by atoms with E-state index >= 15 is 0 Å². The first-order valence-electron chi connectivity index (χ1n) is 5.68. The molecule has 1 aliphatic rings. The number of benzene rings is 1. The lowest BCUT2D eigenvalue weighted by Crippen LogP contribution is -2.16. The van der Waals surface area contributed by atoms with Crippen LogP contribution in [0.4, 0.5) is 0 Å². The summed E-state index contributed by atoms with van der Waals surface area (Å²) in [6.45, 7) is 2.24. The smallest absolute Gasteiger partial charge is 0.336 e. The van der Waals surface area contributed by atoms with Crippen LogP contribution in [-0.2, 0) is 16.0 Å². The predicted molar refractivity (Wildman–Crippen MR) is 75.3 cm³/mol. The first-order valence-corrected chi connectivity index (χ1v) is 6.76. The van der Waals surface area contributed by atoms with Crippen molar-refractivity contribution in [2.75, 3.05) is 6.61 Å². The van der Waals surface area contributed by atoms with E-state index in [0.29, 0.717) is 6.61 Å². The van der Waals surface area contributed by atoms with Crippen LogP contribution in [-0.4, -0.2) is 24.3 Å². The third-order valence-electron chi connectivity index (χ3n) is 2.64. The number of esters is 1. The summed E-state index contributed by atoms with van der Waals surface area (Å²) in [5, 5.41) is 0. The van der Waals surface area contributed by atoms with Gasteiger partial charge >= 0.3 is 5.97 Å². The minimum atomic E-state index is -0.279. The minimum absolute atomic E-state index is 0.204. The molecule has 90 valence electrons. The summed E-state index contributed by atoms with van der Waals surface area (Å²) >= 11 is 2.29. The van der Waals surface area contributed by atoms with Gasteiger partial charge in [-0.15, -0.1) is 0 Å². The summed E-state index contributed by atoms with van der Waals surface area (Å²) in [5.74, 6) is -0.204. The van der Waals surface area contributed by atoms with Crippen molar-refractivity contribution in [1.82, 2.24) is 0 Å². The maximum absolute atomic E-state index is 11.3. The fourth-order valence-corrected chi connectivity index (χ4v) is 2.02. The van der Waals surface area contributed by atoms with Gasteiger partial charge in [0.2, 0.25) is 0 Å². The average Bonchev–Trinajstić information content (AvgIpc) is 3.08. The molecule has 1 heterocycles. The van der Waals surface area contributed by atoms with E-state index in [1.165, 1.54) is 9.13 Å². The third-order valence-corrected chi connectivity index (χ3v) is 3.35. The van der Waals surface area contributed by atoms with Gasteiger partial charge in [0.1, 0.15) is 0 Å². The predicted octanol–water partition coefficient (Wildman–Crippen LogP) is 2.61. The van der Waals surface area contributed by atoms with Gasteiger partial charge in [0, 0.05) is 3.57 Å². The van der Waals surface area contributed by atoms with Crippen molar-refractivity contribution in [3.63, 3.8) is 0 Å². The minimum Gasteiger partial charge on any atom is -0.464 e. The molecule has 1 aromatic rings. The normalized spacial score (nSPS) is 17.5. The number of hydrogen-bond acceptors (Lipinski definition) is 3. The Bertz CT molecular complexity index is 439. The van der Waals surface area contributed by atoms with Gasteiger partial charge in [0.25, 0.3) is 0 Å². The summed E-state index contributed by atoms with van der Waals surface area (Å²) in [6, 6.07) is 8.13. The SMILES string of the molecule is CCOC(=O)C1N=C1CCc1ccc(I)cc1. The molecule has 1 unspecified atom stereocenters. The molecule has 2 rings (SSSR count). The number of aryl methyl sites for hydroxylation is 1. The van der Waals surface area contributed by atoms with Crippen LogP contribution >= 0.6 is 22.6 Å². The second-order valence-electron chi connectivity index (χ2n) is 3.90. The van der Waals surface area contributed by atoms with E-state index in [1.807, 2.05) is 6.92 Å². The van der Waals surface area contributed by atoms with Crippen molar-refractivity contribution in [3.8, 4) is 0 Å². The Labute approximate surface area is 114 Å². The summed E-state index contributed by atoms with van der Waals surface area (Å²) in [6.07, 6.45) is 1.79. The molecule has 1 aliphatic heterocycles. The molecule has 3 nitrogen and oxygen atoms in total. The van der Waals surface area contributed by atoms with E-state index < -0.39 is 0 Å². The van der Waals surface area contributed by atoms with E-state index in [9.17, 15) is 4.79 Å². The number of carbonyl (C=O) groups excluding carboxylic acids is 1. The molecule has 0 bridgehead atoms. The maximum Gasteiger partial charge on any atom is 0.336 e. The zero-order chi connectivity index (χ0) is 12.3. The molecule has 0 spiro atoms. The van der Waals surface area contributed by atoms with Gasteiger partial charge in [0.15, 0.2) is 6.04 Å². The fourth-order valence-electron chi connectivity index (χ4n) is 1.66. The van der Waals surface area contributed by atoms with Crippen molar-refractivity contribution in [2.24, 2.45) is 4.99 Å². The van der Waals surface area contributed by atoms with Gasteiger partial charge in [-0.2, -0.15) is 0 Å². The molecule has 0 aromatic heterocycles. The second kappa shape index (κ2) is 5.62. The highest BCUT2D eigenvalue weighted by atomic mass is 127. The molecule has 0 fully saturated rings. The number of halogens is 1. The van der Waals surface area contributed by atoms with Gasteiger partial charge in [0.05, 0.1) is 12.3 Å². The van der Waals surface area contributed by atoms with E-state index in [0.717, 1.165) is 18.6 Å². The maximum atomic E-state index is 11.3. The van der Waals surface area contributed by atoms with Crippen LogP contribution in [0.5, 0.6) is 0 Å². The molecule has 0 aliphatic carbocycles. The van der Waals surface area contributed by atoms with Crippen LogP contribution in [0.2, 0.25) is 0 Å². The number of nitrogens with zero attached hydrogens (tertiary/aromatic N) is 1. The molecule has 17 heavy (non-hydrogen) atoms. The van der Waals surface area contributed by atoms with Crippen molar-refractivity contribution in [2.45, 2.75) is 25.8 Å². The van der Waals surface area contributed by atoms with Gasteiger partial charge < -0.3 is 4.74 Å². The van der Waals surface area contributed by atoms with Crippen LogP contribution in [0, 0.1) is 3.57 Å². The molecule has 0 saturated heterocycles. The van der Waals surface area contributed by atoms with E-state index in [2.05, 4.69) is 51.8 Å². The number of rotatable bonds is 5. The quantitative estimate of drug-likeness (QED) is 0.609. The van der Waals surface area contributed by atoms with Crippen molar-refractivity contribution >= 4 is 34.3 Å². The lowest BCUT2D eigenvalue weighted by atomic mass is 10.1. The number of carbonyl (C=O) groups is 1. The summed E-state index contributed by atoms with van der Waals surface area (Å²) in [4.78, 5) is 15.5. The topological polar surface area (TPSA) is 38.7 Å². The molecular weight excluding hydrogens is 329 g/mol. The van der Waals surface area contributed by atoms with Gasteiger partial charge in [-0.1, -0.05) is 12.1 Å². The number of hydrogen-bond donors (Lipinski definition) is 0. The Balaban J connectivity index is 1.76. The molecule has 0 radical (unpaired) electrons. The largest absolute Gasteiger partial charge is 0.464 e. The Morgan fingerprint density at radius 1 is 1.35 bits per heavy atom. The molecule has 0 saturated carbocycles. The van der Waals surface area contributed by atoms with E-state index in [1.54, 1.807) is 0 Å².